The van der Waals surface area contributed by atoms with Crippen LogP contribution in [0.3, 0.4) is 0 Å². The normalized spacial score (nSPS) is 13.0. The lowest BCUT2D eigenvalue weighted by atomic mass is 10.2. The number of aromatic nitrogens is 1. The number of aliphatic hydroxyl groups excluding tert-OH is 1. The molecule has 0 radical (unpaired) electrons. The molecular formula is C7H7BrFNO. The van der Waals surface area contributed by atoms with Crippen molar-refractivity contribution in [2.45, 2.75) is 6.10 Å². The molecule has 1 heterocycles. The van der Waals surface area contributed by atoms with Crippen molar-refractivity contribution in [2.75, 3.05) is 5.33 Å². The number of hydrogen-bond acceptors (Lipinski definition) is 2. The first kappa shape index (κ1) is 8.62. The molecule has 0 spiro atoms. The molecule has 0 unspecified atom stereocenters. The zero-order chi connectivity index (χ0) is 8.27. The van der Waals surface area contributed by atoms with Gasteiger partial charge in [-0.2, -0.15) is 0 Å². The van der Waals surface area contributed by atoms with E-state index in [4.69, 9.17) is 0 Å². The van der Waals surface area contributed by atoms with Crippen molar-refractivity contribution >= 4 is 15.9 Å². The zero-order valence-corrected chi connectivity index (χ0v) is 7.25. The predicted octanol–water partition coefficient (Wildman–Crippen LogP) is 1.65. The van der Waals surface area contributed by atoms with E-state index in [-0.39, 0.29) is 0 Å². The second kappa shape index (κ2) is 3.78. The van der Waals surface area contributed by atoms with Gasteiger partial charge in [-0.25, -0.2) is 4.39 Å². The van der Waals surface area contributed by atoms with E-state index in [0.29, 0.717) is 10.9 Å². The average Bonchev–Trinajstić information content (AvgIpc) is 2.03. The molecule has 2 nitrogen and oxygen atoms in total. The van der Waals surface area contributed by atoms with Gasteiger partial charge in [-0.15, -0.1) is 0 Å². The summed E-state index contributed by atoms with van der Waals surface area (Å²) in [6.45, 7) is 0. The number of hydrogen-bond donors (Lipinski definition) is 1. The third kappa shape index (κ3) is 2.24. The third-order valence-electron chi connectivity index (χ3n) is 1.26. The van der Waals surface area contributed by atoms with E-state index in [0.717, 1.165) is 6.20 Å². The Hall–Kier alpha value is -0.480. The van der Waals surface area contributed by atoms with Crippen LogP contribution in [-0.4, -0.2) is 15.4 Å². The van der Waals surface area contributed by atoms with Crippen LogP contribution in [0.2, 0.25) is 0 Å². The Labute approximate surface area is 72.2 Å². The monoisotopic (exact) mass is 219 g/mol. The van der Waals surface area contributed by atoms with Crippen molar-refractivity contribution in [2.24, 2.45) is 0 Å². The van der Waals surface area contributed by atoms with Crippen LogP contribution in [-0.2, 0) is 0 Å². The van der Waals surface area contributed by atoms with Crippen LogP contribution in [0.15, 0.2) is 18.5 Å². The minimum absolute atomic E-state index is 0.387. The van der Waals surface area contributed by atoms with Gasteiger partial charge in [0.15, 0.2) is 0 Å². The fraction of sp³-hybridized carbons (Fsp3) is 0.286. The lowest BCUT2D eigenvalue weighted by Gasteiger charge is -2.04. The first-order chi connectivity index (χ1) is 5.24. The highest BCUT2D eigenvalue weighted by atomic mass is 79.9. The van der Waals surface area contributed by atoms with Crippen molar-refractivity contribution < 1.29 is 9.50 Å². The van der Waals surface area contributed by atoms with Crippen molar-refractivity contribution in [1.82, 2.24) is 4.98 Å². The minimum Gasteiger partial charge on any atom is -0.387 e. The van der Waals surface area contributed by atoms with Crippen molar-refractivity contribution in [3.8, 4) is 0 Å². The van der Waals surface area contributed by atoms with Crippen molar-refractivity contribution in [1.29, 1.82) is 0 Å². The minimum atomic E-state index is -0.682. The topological polar surface area (TPSA) is 33.1 Å². The van der Waals surface area contributed by atoms with Gasteiger partial charge < -0.3 is 5.11 Å². The number of aliphatic hydroxyl groups is 1. The standard InChI is InChI=1S/C7H7BrFNO/c8-2-7(11)5-1-6(9)4-10-3-5/h1,3-4,7,11H,2H2/t7-/m1/s1. The summed E-state index contributed by atoms with van der Waals surface area (Å²) in [4.78, 5) is 3.60. The first-order valence-electron chi connectivity index (χ1n) is 3.08. The molecule has 0 aliphatic carbocycles. The molecule has 0 saturated heterocycles. The molecule has 0 aliphatic rings. The summed E-state index contributed by atoms with van der Waals surface area (Å²) in [6.07, 6.45) is 1.86. The predicted molar refractivity (Wildman–Crippen MR) is 42.9 cm³/mol. The number of alkyl halides is 1. The highest BCUT2D eigenvalue weighted by Crippen LogP contribution is 2.14. The molecule has 0 saturated carbocycles. The van der Waals surface area contributed by atoms with Crippen molar-refractivity contribution in [3.63, 3.8) is 0 Å². The van der Waals surface area contributed by atoms with E-state index in [1.807, 2.05) is 0 Å². The summed E-state index contributed by atoms with van der Waals surface area (Å²) < 4.78 is 12.5. The zero-order valence-electron chi connectivity index (χ0n) is 5.67. The van der Waals surface area contributed by atoms with E-state index in [9.17, 15) is 9.50 Å². The third-order valence-corrected chi connectivity index (χ3v) is 1.87. The Morgan fingerprint density at radius 3 is 2.91 bits per heavy atom. The van der Waals surface area contributed by atoms with Crippen LogP contribution >= 0.6 is 15.9 Å². The number of halogens is 2. The largest absolute Gasteiger partial charge is 0.387 e. The number of rotatable bonds is 2. The van der Waals surface area contributed by atoms with Crippen LogP contribution in [0.25, 0.3) is 0 Å². The molecule has 0 amide bonds. The van der Waals surface area contributed by atoms with Gasteiger partial charge in [-0.3, -0.25) is 4.98 Å². The smallest absolute Gasteiger partial charge is 0.141 e. The number of nitrogens with zero attached hydrogens (tertiary/aromatic N) is 1. The Morgan fingerprint density at radius 2 is 2.36 bits per heavy atom. The van der Waals surface area contributed by atoms with Crippen LogP contribution in [0.4, 0.5) is 4.39 Å². The Balaban J connectivity index is 2.86. The lowest BCUT2D eigenvalue weighted by molar-refractivity contribution is 0.204. The van der Waals surface area contributed by atoms with E-state index >= 15 is 0 Å². The van der Waals surface area contributed by atoms with Gasteiger partial charge in [0.25, 0.3) is 0 Å². The van der Waals surface area contributed by atoms with Gasteiger partial charge in [0.2, 0.25) is 0 Å². The van der Waals surface area contributed by atoms with Gasteiger partial charge in [0.1, 0.15) is 5.82 Å². The summed E-state index contributed by atoms with van der Waals surface area (Å²) in [5.41, 5.74) is 0.488. The SMILES string of the molecule is O[C@H](CBr)c1cncc(F)c1. The van der Waals surface area contributed by atoms with Gasteiger partial charge in [0.05, 0.1) is 12.3 Å². The highest BCUT2D eigenvalue weighted by Gasteiger charge is 2.05. The van der Waals surface area contributed by atoms with E-state index in [1.165, 1.54) is 12.3 Å². The van der Waals surface area contributed by atoms with Gasteiger partial charge in [-0.1, -0.05) is 15.9 Å². The molecule has 1 aromatic heterocycles. The van der Waals surface area contributed by atoms with Crippen molar-refractivity contribution in [3.05, 3.63) is 29.8 Å². The van der Waals surface area contributed by atoms with Crippen LogP contribution in [0.1, 0.15) is 11.7 Å². The first-order valence-corrected chi connectivity index (χ1v) is 4.20. The molecule has 4 heteroatoms. The maximum atomic E-state index is 12.5. The quantitative estimate of drug-likeness (QED) is 0.768. The Bertz CT molecular complexity index is 244. The van der Waals surface area contributed by atoms with Crippen LogP contribution in [0.5, 0.6) is 0 Å². The van der Waals surface area contributed by atoms with E-state index < -0.39 is 11.9 Å². The molecular weight excluding hydrogens is 213 g/mol. The van der Waals surface area contributed by atoms with Crippen LogP contribution < -0.4 is 0 Å². The molecule has 0 aromatic carbocycles. The molecule has 0 aliphatic heterocycles. The van der Waals surface area contributed by atoms with Crippen LogP contribution in [0, 0.1) is 5.82 Å². The van der Waals surface area contributed by atoms with Gasteiger partial charge in [0, 0.05) is 17.1 Å². The van der Waals surface area contributed by atoms with E-state index in [1.54, 1.807) is 0 Å². The maximum Gasteiger partial charge on any atom is 0.141 e. The Kier molecular flexibility index (Phi) is 2.96. The number of pyridine rings is 1. The summed E-state index contributed by atoms with van der Waals surface area (Å²) >= 11 is 3.08. The Morgan fingerprint density at radius 1 is 1.64 bits per heavy atom. The summed E-state index contributed by atoms with van der Waals surface area (Å²) in [5.74, 6) is -0.428. The molecule has 0 bridgehead atoms. The molecule has 11 heavy (non-hydrogen) atoms. The molecule has 1 rings (SSSR count). The maximum absolute atomic E-state index is 12.5. The van der Waals surface area contributed by atoms with E-state index in [2.05, 4.69) is 20.9 Å². The highest BCUT2D eigenvalue weighted by molar-refractivity contribution is 9.09. The second-order valence-corrected chi connectivity index (χ2v) is 2.75. The summed E-state index contributed by atoms with van der Waals surface area (Å²) in [6, 6.07) is 1.26. The molecule has 1 atom stereocenters. The van der Waals surface area contributed by atoms with Gasteiger partial charge in [-0.05, 0) is 6.07 Å². The van der Waals surface area contributed by atoms with Gasteiger partial charge >= 0.3 is 0 Å². The molecule has 1 N–H and O–H groups in total. The summed E-state index contributed by atoms with van der Waals surface area (Å²) in [5, 5.41) is 9.59. The fourth-order valence-corrected chi connectivity index (χ4v) is 1.07. The molecule has 1 aromatic rings. The molecule has 60 valence electrons. The lowest BCUT2D eigenvalue weighted by Crippen LogP contribution is -1.99. The fourth-order valence-electron chi connectivity index (χ4n) is 0.700. The average molecular weight is 220 g/mol. The summed E-state index contributed by atoms with van der Waals surface area (Å²) in [7, 11) is 0. The second-order valence-electron chi connectivity index (χ2n) is 2.11. The molecule has 0 fully saturated rings.